The van der Waals surface area contributed by atoms with Gasteiger partial charge in [-0.05, 0) is 36.4 Å². The minimum atomic E-state index is 0. The van der Waals surface area contributed by atoms with Crippen LogP contribution in [-0.2, 0) is 6.42 Å². The Balaban J connectivity index is 0.00000176. The second kappa shape index (κ2) is 8.25. The molecule has 22 heavy (non-hydrogen) atoms. The molecule has 0 fully saturated rings. The molecule has 0 spiro atoms. The first-order chi connectivity index (χ1) is 10.2. The third-order valence-electron chi connectivity index (χ3n) is 3.48. The van der Waals surface area contributed by atoms with Crippen LogP contribution in [0.2, 0.25) is 0 Å². The van der Waals surface area contributed by atoms with Gasteiger partial charge in [0.05, 0.1) is 0 Å². The zero-order valence-corrected chi connectivity index (χ0v) is 12.1. The van der Waals surface area contributed by atoms with Crippen molar-refractivity contribution in [2.24, 2.45) is 5.73 Å². The molecule has 3 heteroatoms. The summed E-state index contributed by atoms with van der Waals surface area (Å²) in [5.74, 6) is 1.76. The van der Waals surface area contributed by atoms with Crippen LogP contribution in [0.4, 0.5) is 0 Å². The molecule has 3 aromatic rings. The van der Waals surface area contributed by atoms with Crippen LogP contribution in [0.3, 0.4) is 0 Å². The molecule has 2 nitrogen and oxygen atoms in total. The van der Waals surface area contributed by atoms with Gasteiger partial charge >= 0.3 is 51.4 Å². The fourth-order valence-electron chi connectivity index (χ4n) is 2.52. The number of benzene rings is 3. The maximum absolute atomic E-state index is 6.17. The van der Waals surface area contributed by atoms with Crippen LogP contribution in [0.15, 0.2) is 66.7 Å². The standard InChI is InChI=1S/C19H19NO.K.H/c1-14(20)13-16-8-3-5-11-18(16)21-19-12-6-9-15-7-2-4-10-17(15)19;;/h2-12,14H,13,20H2,1H3;;. The molecule has 0 heterocycles. The summed E-state index contributed by atoms with van der Waals surface area (Å²) in [5.41, 5.74) is 7.06. The van der Waals surface area contributed by atoms with Crippen molar-refractivity contribution in [2.75, 3.05) is 0 Å². The van der Waals surface area contributed by atoms with Crippen LogP contribution in [0, 0.1) is 0 Å². The molecule has 0 saturated heterocycles. The summed E-state index contributed by atoms with van der Waals surface area (Å²) in [6, 6.07) is 22.6. The van der Waals surface area contributed by atoms with E-state index in [1.165, 1.54) is 5.39 Å². The molecule has 0 bridgehead atoms. The Labute approximate surface area is 174 Å². The Morgan fingerprint density at radius 1 is 0.864 bits per heavy atom. The van der Waals surface area contributed by atoms with E-state index in [1.54, 1.807) is 0 Å². The zero-order valence-electron chi connectivity index (χ0n) is 12.1. The number of para-hydroxylation sites is 1. The third kappa shape index (κ3) is 4.19. The van der Waals surface area contributed by atoms with Crippen LogP contribution in [-0.4, -0.2) is 57.4 Å². The van der Waals surface area contributed by atoms with Gasteiger partial charge in [0.1, 0.15) is 11.5 Å². The first kappa shape index (κ1) is 17.7. The van der Waals surface area contributed by atoms with E-state index in [9.17, 15) is 0 Å². The molecule has 0 aromatic heterocycles. The van der Waals surface area contributed by atoms with Crippen LogP contribution in [0.5, 0.6) is 11.5 Å². The van der Waals surface area contributed by atoms with Gasteiger partial charge in [0.2, 0.25) is 0 Å². The van der Waals surface area contributed by atoms with Gasteiger partial charge < -0.3 is 10.5 Å². The molecule has 0 aliphatic rings. The van der Waals surface area contributed by atoms with Crippen molar-refractivity contribution in [1.29, 1.82) is 0 Å². The summed E-state index contributed by atoms with van der Waals surface area (Å²) in [4.78, 5) is 0. The van der Waals surface area contributed by atoms with Crippen LogP contribution >= 0.6 is 0 Å². The van der Waals surface area contributed by atoms with Gasteiger partial charge in [0.15, 0.2) is 0 Å². The van der Waals surface area contributed by atoms with Gasteiger partial charge in [0.25, 0.3) is 0 Å². The molecule has 3 rings (SSSR count). The van der Waals surface area contributed by atoms with Crippen molar-refractivity contribution in [2.45, 2.75) is 19.4 Å². The Bertz CT molecular complexity index is 750. The molecule has 3 aromatic carbocycles. The number of ether oxygens (including phenoxy) is 1. The normalized spacial score (nSPS) is 11.7. The number of nitrogens with two attached hydrogens (primary N) is 1. The number of hydrogen-bond acceptors (Lipinski definition) is 2. The first-order valence-corrected chi connectivity index (χ1v) is 7.23. The van der Waals surface area contributed by atoms with E-state index in [1.807, 2.05) is 49.4 Å². The fraction of sp³-hybridized carbons (Fsp3) is 0.158. The summed E-state index contributed by atoms with van der Waals surface area (Å²) in [5, 5.41) is 2.30. The molecule has 0 amide bonds. The number of rotatable bonds is 4. The summed E-state index contributed by atoms with van der Waals surface area (Å²) in [6.45, 7) is 2.01. The quantitative estimate of drug-likeness (QED) is 0.741. The summed E-state index contributed by atoms with van der Waals surface area (Å²) in [7, 11) is 0. The van der Waals surface area contributed by atoms with E-state index in [-0.39, 0.29) is 57.4 Å². The van der Waals surface area contributed by atoms with Crippen LogP contribution < -0.4 is 10.5 Å². The monoisotopic (exact) mass is 317 g/mol. The van der Waals surface area contributed by atoms with E-state index in [2.05, 4.69) is 24.3 Å². The summed E-state index contributed by atoms with van der Waals surface area (Å²) >= 11 is 0. The maximum atomic E-state index is 6.17. The fourth-order valence-corrected chi connectivity index (χ4v) is 2.52. The Morgan fingerprint density at radius 2 is 1.50 bits per heavy atom. The van der Waals surface area contributed by atoms with Crippen molar-refractivity contribution in [3.05, 3.63) is 72.3 Å². The molecule has 0 aliphatic heterocycles. The third-order valence-corrected chi connectivity index (χ3v) is 3.48. The van der Waals surface area contributed by atoms with E-state index >= 15 is 0 Å². The Morgan fingerprint density at radius 3 is 2.32 bits per heavy atom. The second-order valence-corrected chi connectivity index (χ2v) is 5.37. The topological polar surface area (TPSA) is 35.2 Å². The first-order valence-electron chi connectivity index (χ1n) is 7.23. The van der Waals surface area contributed by atoms with Gasteiger partial charge in [-0.2, -0.15) is 0 Å². The average Bonchev–Trinajstić information content (AvgIpc) is 2.49. The van der Waals surface area contributed by atoms with E-state index in [0.717, 1.165) is 28.9 Å². The van der Waals surface area contributed by atoms with E-state index < -0.39 is 0 Å². The molecule has 0 saturated carbocycles. The van der Waals surface area contributed by atoms with Gasteiger partial charge in [-0.3, -0.25) is 0 Å². The minimum absolute atomic E-state index is 0. The number of fused-ring (bicyclic) bond motifs is 1. The Hall–Kier alpha value is -0.684. The van der Waals surface area contributed by atoms with Gasteiger partial charge in [-0.1, -0.05) is 54.6 Å². The summed E-state index contributed by atoms with van der Waals surface area (Å²) in [6.07, 6.45) is 0.806. The average molecular weight is 317 g/mol. The zero-order chi connectivity index (χ0) is 14.7. The SMILES string of the molecule is CC(N)Cc1ccccc1Oc1cccc2ccccc12.[KH]. The van der Waals surface area contributed by atoms with Gasteiger partial charge in [0, 0.05) is 11.4 Å². The van der Waals surface area contributed by atoms with Crippen molar-refractivity contribution >= 4 is 62.2 Å². The van der Waals surface area contributed by atoms with Crippen molar-refractivity contribution < 1.29 is 4.74 Å². The molecule has 1 unspecified atom stereocenters. The van der Waals surface area contributed by atoms with Crippen LogP contribution in [0.1, 0.15) is 12.5 Å². The van der Waals surface area contributed by atoms with Crippen LogP contribution in [0.25, 0.3) is 10.8 Å². The Kier molecular flexibility index (Phi) is 6.62. The molecule has 1 atom stereocenters. The second-order valence-electron chi connectivity index (χ2n) is 5.37. The molecule has 0 radical (unpaired) electrons. The molecule has 2 N–H and O–H groups in total. The molecular weight excluding hydrogens is 297 g/mol. The van der Waals surface area contributed by atoms with Gasteiger partial charge in [-0.25, -0.2) is 0 Å². The van der Waals surface area contributed by atoms with Crippen molar-refractivity contribution in [3.8, 4) is 11.5 Å². The van der Waals surface area contributed by atoms with Gasteiger partial charge in [-0.15, -0.1) is 0 Å². The predicted octanol–water partition coefficient (Wildman–Crippen LogP) is 3.87. The van der Waals surface area contributed by atoms with E-state index in [4.69, 9.17) is 10.5 Å². The molecule has 108 valence electrons. The summed E-state index contributed by atoms with van der Waals surface area (Å²) < 4.78 is 6.17. The van der Waals surface area contributed by atoms with Crippen molar-refractivity contribution in [1.82, 2.24) is 0 Å². The molecule has 0 aliphatic carbocycles. The predicted molar refractivity (Wildman–Crippen MR) is 95.0 cm³/mol. The molecular formula is C19H20KNO. The number of hydrogen-bond donors (Lipinski definition) is 1. The van der Waals surface area contributed by atoms with E-state index in [0.29, 0.717) is 0 Å². The van der Waals surface area contributed by atoms with Crippen molar-refractivity contribution in [3.63, 3.8) is 0 Å².